The van der Waals surface area contributed by atoms with Crippen LogP contribution in [0.4, 0.5) is 0 Å². The highest BCUT2D eigenvalue weighted by Gasteiger charge is 2.34. The number of amides is 1. The number of piperidine rings is 2. The van der Waals surface area contributed by atoms with E-state index in [-0.39, 0.29) is 17.9 Å². The molecule has 5 heteroatoms. The van der Waals surface area contributed by atoms with E-state index in [1.165, 1.54) is 6.42 Å². The number of carbonyl (C=O) groups is 2. The summed E-state index contributed by atoms with van der Waals surface area (Å²) in [7, 11) is 0. The zero-order chi connectivity index (χ0) is 15.6. The lowest BCUT2D eigenvalue weighted by Crippen LogP contribution is -2.53. The van der Waals surface area contributed by atoms with Crippen molar-refractivity contribution >= 4 is 11.9 Å². The summed E-state index contributed by atoms with van der Waals surface area (Å²) in [6, 6.07) is -0.204. The number of carboxylic acids is 1. The molecule has 2 saturated heterocycles. The molecule has 0 spiro atoms. The van der Waals surface area contributed by atoms with Crippen molar-refractivity contribution in [2.75, 3.05) is 26.2 Å². The van der Waals surface area contributed by atoms with Crippen LogP contribution in [-0.4, -0.2) is 59.0 Å². The van der Waals surface area contributed by atoms with Crippen molar-refractivity contribution in [2.45, 2.75) is 46.1 Å². The molecule has 2 rings (SSSR count). The summed E-state index contributed by atoms with van der Waals surface area (Å²) in [5.41, 5.74) is 0. The van der Waals surface area contributed by atoms with Crippen LogP contribution >= 0.6 is 0 Å². The highest BCUT2D eigenvalue weighted by molar-refractivity contribution is 5.81. The molecule has 2 fully saturated rings. The van der Waals surface area contributed by atoms with Crippen LogP contribution in [0.1, 0.15) is 40.0 Å². The number of likely N-dealkylation sites (tertiary alicyclic amines) is 2. The van der Waals surface area contributed by atoms with Crippen LogP contribution in [0.2, 0.25) is 0 Å². The van der Waals surface area contributed by atoms with Crippen LogP contribution < -0.4 is 0 Å². The summed E-state index contributed by atoms with van der Waals surface area (Å²) in [6.45, 7) is 9.32. The maximum absolute atomic E-state index is 12.7. The average Bonchev–Trinajstić information content (AvgIpc) is 2.44. The van der Waals surface area contributed by atoms with Crippen molar-refractivity contribution in [3.05, 3.63) is 0 Å². The Morgan fingerprint density at radius 3 is 2.33 bits per heavy atom. The predicted octanol–water partition coefficient (Wildman–Crippen LogP) is 1.68. The molecule has 1 amide bonds. The van der Waals surface area contributed by atoms with Gasteiger partial charge in [-0.2, -0.15) is 0 Å². The standard InChI is InChI=1S/C16H28N2O3/c1-11-7-12(2)9-18(8-11)15(19)13(3)17-6-4-5-14(10-17)16(20)21/h11-14H,4-10H2,1-3H3,(H,20,21). The van der Waals surface area contributed by atoms with Gasteiger partial charge in [-0.1, -0.05) is 13.8 Å². The van der Waals surface area contributed by atoms with Gasteiger partial charge in [-0.25, -0.2) is 0 Å². The summed E-state index contributed by atoms with van der Waals surface area (Å²) in [5, 5.41) is 9.17. The lowest BCUT2D eigenvalue weighted by Gasteiger charge is -2.40. The molecule has 0 aliphatic carbocycles. The number of carbonyl (C=O) groups excluding carboxylic acids is 1. The van der Waals surface area contributed by atoms with Gasteiger partial charge in [0.1, 0.15) is 0 Å². The minimum atomic E-state index is -0.737. The molecule has 2 aliphatic heterocycles. The lowest BCUT2D eigenvalue weighted by molar-refractivity contribution is -0.147. The Bertz CT molecular complexity index is 389. The molecular formula is C16H28N2O3. The van der Waals surface area contributed by atoms with Crippen LogP contribution in [0.25, 0.3) is 0 Å². The van der Waals surface area contributed by atoms with Gasteiger partial charge in [0.25, 0.3) is 0 Å². The molecule has 5 nitrogen and oxygen atoms in total. The topological polar surface area (TPSA) is 60.9 Å². The van der Waals surface area contributed by atoms with Gasteiger partial charge in [-0.05, 0) is 44.6 Å². The second-order valence-electron chi connectivity index (χ2n) is 7.04. The molecule has 120 valence electrons. The van der Waals surface area contributed by atoms with Gasteiger partial charge in [0.2, 0.25) is 5.91 Å². The zero-order valence-electron chi connectivity index (χ0n) is 13.4. The number of aliphatic carboxylic acids is 1. The van der Waals surface area contributed by atoms with Gasteiger partial charge in [-0.15, -0.1) is 0 Å². The Labute approximate surface area is 127 Å². The summed E-state index contributed by atoms with van der Waals surface area (Å²) in [6.07, 6.45) is 2.77. The Morgan fingerprint density at radius 1 is 1.14 bits per heavy atom. The van der Waals surface area contributed by atoms with E-state index in [0.717, 1.165) is 32.5 Å². The molecule has 0 radical (unpaired) electrons. The highest BCUT2D eigenvalue weighted by atomic mass is 16.4. The smallest absolute Gasteiger partial charge is 0.307 e. The van der Waals surface area contributed by atoms with Crippen molar-refractivity contribution in [1.82, 2.24) is 9.80 Å². The molecular weight excluding hydrogens is 268 g/mol. The first-order chi connectivity index (χ1) is 9.88. The molecule has 1 N–H and O–H groups in total. The van der Waals surface area contributed by atoms with Crippen LogP contribution in [0, 0.1) is 17.8 Å². The summed E-state index contributed by atoms with van der Waals surface area (Å²) < 4.78 is 0. The molecule has 0 saturated carbocycles. The van der Waals surface area contributed by atoms with Gasteiger partial charge in [0.05, 0.1) is 12.0 Å². The normalized spacial score (nSPS) is 32.7. The minimum absolute atomic E-state index is 0.166. The van der Waals surface area contributed by atoms with Crippen LogP contribution in [-0.2, 0) is 9.59 Å². The molecule has 2 heterocycles. The molecule has 0 aromatic heterocycles. The van der Waals surface area contributed by atoms with Crippen LogP contribution in [0.15, 0.2) is 0 Å². The van der Waals surface area contributed by atoms with Crippen LogP contribution in [0.5, 0.6) is 0 Å². The number of hydrogen-bond acceptors (Lipinski definition) is 3. The summed E-state index contributed by atoms with van der Waals surface area (Å²) in [5.74, 6) is 0.211. The van der Waals surface area contributed by atoms with E-state index in [1.54, 1.807) is 0 Å². The van der Waals surface area contributed by atoms with Gasteiger partial charge in [0.15, 0.2) is 0 Å². The van der Waals surface area contributed by atoms with E-state index in [4.69, 9.17) is 0 Å². The molecule has 2 aliphatic rings. The first-order valence-corrected chi connectivity index (χ1v) is 8.14. The predicted molar refractivity (Wildman–Crippen MR) is 80.9 cm³/mol. The quantitative estimate of drug-likeness (QED) is 0.860. The van der Waals surface area contributed by atoms with Crippen molar-refractivity contribution < 1.29 is 14.7 Å². The number of nitrogens with zero attached hydrogens (tertiary/aromatic N) is 2. The van der Waals surface area contributed by atoms with E-state index >= 15 is 0 Å². The van der Waals surface area contributed by atoms with Gasteiger partial charge < -0.3 is 10.0 Å². The van der Waals surface area contributed by atoms with Crippen molar-refractivity contribution in [1.29, 1.82) is 0 Å². The fraction of sp³-hybridized carbons (Fsp3) is 0.875. The lowest BCUT2D eigenvalue weighted by atomic mass is 9.91. The molecule has 21 heavy (non-hydrogen) atoms. The third-order valence-corrected chi connectivity index (χ3v) is 4.89. The molecule has 0 aromatic carbocycles. The average molecular weight is 296 g/mol. The SMILES string of the molecule is CC1CC(C)CN(C(=O)C(C)N2CCCC(C(=O)O)C2)C1. The van der Waals surface area contributed by atoms with E-state index in [0.29, 0.717) is 18.4 Å². The maximum Gasteiger partial charge on any atom is 0.307 e. The Hall–Kier alpha value is -1.10. The Morgan fingerprint density at radius 2 is 1.76 bits per heavy atom. The first kappa shape index (κ1) is 16.3. The fourth-order valence-electron chi connectivity index (χ4n) is 3.82. The first-order valence-electron chi connectivity index (χ1n) is 8.14. The van der Waals surface area contributed by atoms with Crippen molar-refractivity contribution in [2.24, 2.45) is 17.8 Å². The highest BCUT2D eigenvalue weighted by Crippen LogP contribution is 2.24. The van der Waals surface area contributed by atoms with Gasteiger partial charge in [0, 0.05) is 19.6 Å². The van der Waals surface area contributed by atoms with E-state index in [1.807, 2.05) is 11.8 Å². The van der Waals surface area contributed by atoms with Gasteiger partial charge in [-0.3, -0.25) is 14.5 Å². The van der Waals surface area contributed by atoms with Gasteiger partial charge >= 0.3 is 5.97 Å². The van der Waals surface area contributed by atoms with Crippen molar-refractivity contribution in [3.8, 4) is 0 Å². The number of hydrogen-bond donors (Lipinski definition) is 1. The van der Waals surface area contributed by atoms with Crippen molar-refractivity contribution in [3.63, 3.8) is 0 Å². The van der Waals surface area contributed by atoms with Crippen LogP contribution in [0.3, 0.4) is 0 Å². The third kappa shape index (κ3) is 3.96. The summed E-state index contributed by atoms with van der Waals surface area (Å²) >= 11 is 0. The largest absolute Gasteiger partial charge is 0.481 e. The minimum Gasteiger partial charge on any atom is -0.481 e. The molecule has 4 atom stereocenters. The Kier molecular flexibility index (Phi) is 5.25. The second kappa shape index (κ2) is 6.77. The fourth-order valence-corrected chi connectivity index (χ4v) is 3.82. The Balaban J connectivity index is 1.96. The second-order valence-corrected chi connectivity index (χ2v) is 7.04. The molecule has 4 unspecified atom stereocenters. The monoisotopic (exact) mass is 296 g/mol. The number of rotatable bonds is 3. The molecule has 0 bridgehead atoms. The van der Waals surface area contributed by atoms with E-state index in [2.05, 4.69) is 18.7 Å². The zero-order valence-corrected chi connectivity index (χ0v) is 13.4. The van der Waals surface area contributed by atoms with E-state index < -0.39 is 5.97 Å². The number of carboxylic acid groups (broad SMARTS) is 1. The molecule has 0 aromatic rings. The van der Waals surface area contributed by atoms with E-state index in [9.17, 15) is 14.7 Å². The maximum atomic E-state index is 12.7. The summed E-state index contributed by atoms with van der Waals surface area (Å²) in [4.78, 5) is 27.9. The third-order valence-electron chi connectivity index (χ3n) is 4.89.